The van der Waals surface area contributed by atoms with Crippen molar-refractivity contribution >= 4 is 35.8 Å². The molecular formula is C18H31IN4O2. The quantitative estimate of drug-likeness (QED) is 0.415. The average molecular weight is 462 g/mol. The van der Waals surface area contributed by atoms with Crippen LogP contribution < -0.4 is 5.32 Å². The molecule has 1 fully saturated rings. The Morgan fingerprint density at radius 2 is 2.16 bits per heavy atom. The second-order valence-corrected chi connectivity index (χ2v) is 6.87. The number of rotatable bonds is 5. The molecule has 7 heteroatoms. The Morgan fingerprint density at radius 3 is 2.76 bits per heavy atom. The third-order valence-corrected chi connectivity index (χ3v) is 4.73. The van der Waals surface area contributed by atoms with E-state index in [4.69, 9.17) is 4.42 Å². The summed E-state index contributed by atoms with van der Waals surface area (Å²) in [6, 6.07) is 3.87. The highest BCUT2D eigenvalue weighted by Gasteiger charge is 2.25. The summed E-state index contributed by atoms with van der Waals surface area (Å²) < 4.78 is 5.37. The van der Waals surface area contributed by atoms with E-state index in [0.29, 0.717) is 5.92 Å². The topological polar surface area (TPSA) is 61.1 Å². The summed E-state index contributed by atoms with van der Waals surface area (Å²) in [5.41, 5.74) is 0. The number of amides is 1. The molecule has 2 heterocycles. The van der Waals surface area contributed by atoms with Crippen molar-refractivity contribution in [1.29, 1.82) is 0 Å². The average Bonchev–Trinajstić information content (AvgIpc) is 3.06. The van der Waals surface area contributed by atoms with Gasteiger partial charge in [-0.1, -0.05) is 13.8 Å². The SMILES string of the molecule is CC1CCN(C(=NCC(=O)N(C)C)NCCc2ccco2)CC1C.I. The van der Waals surface area contributed by atoms with Crippen LogP contribution in [0.15, 0.2) is 27.8 Å². The molecule has 1 amide bonds. The molecule has 1 aliphatic heterocycles. The van der Waals surface area contributed by atoms with E-state index in [1.807, 2.05) is 12.1 Å². The molecule has 0 spiro atoms. The summed E-state index contributed by atoms with van der Waals surface area (Å²) in [5, 5.41) is 3.40. The fourth-order valence-electron chi connectivity index (χ4n) is 2.76. The van der Waals surface area contributed by atoms with Crippen LogP contribution >= 0.6 is 24.0 Å². The Labute approximate surface area is 168 Å². The predicted octanol–water partition coefficient (Wildman–Crippen LogP) is 2.45. The molecule has 1 N–H and O–H groups in total. The molecule has 2 unspecified atom stereocenters. The van der Waals surface area contributed by atoms with Gasteiger partial charge in [0.25, 0.3) is 0 Å². The summed E-state index contributed by atoms with van der Waals surface area (Å²) >= 11 is 0. The smallest absolute Gasteiger partial charge is 0.243 e. The maximum absolute atomic E-state index is 11.9. The Kier molecular flexibility index (Phi) is 9.31. The molecule has 1 aromatic heterocycles. The Balaban J connectivity index is 0.00000312. The van der Waals surface area contributed by atoms with Gasteiger partial charge in [0, 0.05) is 40.2 Å². The number of aliphatic imine (C=N–C) groups is 1. The number of likely N-dealkylation sites (N-methyl/N-ethyl adjacent to an activating group) is 1. The van der Waals surface area contributed by atoms with Gasteiger partial charge in [0.15, 0.2) is 5.96 Å². The van der Waals surface area contributed by atoms with Gasteiger partial charge in [-0.2, -0.15) is 0 Å². The highest BCUT2D eigenvalue weighted by molar-refractivity contribution is 14.0. The maximum Gasteiger partial charge on any atom is 0.243 e. The van der Waals surface area contributed by atoms with Gasteiger partial charge < -0.3 is 19.5 Å². The van der Waals surface area contributed by atoms with Crippen LogP contribution in [-0.2, 0) is 11.2 Å². The van der Waals surface area contributed by atoms with Gasteiger partial charge in [0.1, 0.15) is 12.3 Å². The fraction of sp³-hybridized carbons (Fsp3) is 0.667. The van der Waals surface area contributed by atoms with E-state index in [0.717, 1.165) is 50.1 Å². The Bertz CT molecular complexity index is 545. The first kappa shape index (κ1) is 21.8. The summed E-state index contributed by atoms with van der Waals surface area (Å²) in [4.78, 5) is 20.3. The van der Waals surface area contributed by atoms with Crippen LogP contribution in [0, 0.1) is 11.8 Å². The first-order valence-corrected chi connectivity index (χ1v) is 8.73. The lowest BCUT2D eigenvalue weighted by Crippen LogP contribution is -2.48. The Hall–Kier alpha value is -1.25. The number of piperidine rings is 1. The van der Waals surface area contributed by atoms with E-state index in [1.165, 1.54) is 0 Å². The van der Waals surface area contributed by atoms with E-state index in [1.54, 1.807) is 25.3 Å². The van der Waals surface area contributed by atoms with Crippen LogP contribution in [0.2, 0.25) is 0 Å². The molecule has 1 saturated heterocycles. The summed E-state index contributed by atoms with van der Waals surface area (Å²) in [7, 11) is 3.51. The van der Waals surface area contributed by atoms with Crippen molar-refractivity contribution in [3.05, 3.63) is 24.2 Å². The molecule has 1 aromatic rings. The summed E-state index contributed by atoms with van der Waals surface area (Å²) in [6.07, 6.45) is 3.64. The Morgan fingerprint density at radius 1 is 1.40 bits per heavy atom. The molecule has 0 bridgehead atoms. The van der Waals surface area contributed by atoms with Crippen LogP contribution in [0.4, 0.5) is 0 Å². The molecule has 0 aromatic carbocycles. The van der Waals surface area contributed by atoms with Gasteiger partial charge >= 0.3 is 0 Å². The number of furan rings is 1. The molecule has 0 saturated carbocycles. The summed E-state index contributed by atoms with van der Waals surface area (Å²) in [6.45, 7) is 7.46. The lowest BCUT2D eigenvalue weighted by atomic mass is 9.89. The number of carbonyl (C=O) groups excluding carboxylic acids is 1. The fourth-order valence-corrected chi connectivity index (χ4v) is 2.76. The maximum atomic E-state index is 11.9. The van der Waals surface area contributed by atoms with Crippen molar-refractivity contribution in [2.45, 2.75) is 26.7 Å². The predicted molar refractivity (Wildman–Crippen MR) is 111 cm³/mol. The van der Waals surface area contributed by atoms with Crippen molar-refractivity contribution in [1.82, 2.24) is 15.1 Å². The van der Waals surface area contributed by atoms with E-state index in [9.17, 15) is 4.79 Å². The zero-order valence-corrected chi connectivity index (χ0v) is 18.0. The lowest BCUT2D eigenvalue weighted by Gasteiger charge is -2.37. The zero-order chi connectivity index (χ0) is 17.5. The first-order valence-electron chi connectivity index (χ1n) is 8.73. The molecule has 25 heavy (non-hydrogen) atoms. The first-order chi connectivity index (χ1) is 11.5. The minimum Gasteiger partial charge on any atom is -0.469 e. The second-order valence-electron chi connectivity index (χ2n) is 6.87. The van der Waals surface area contributed by atoms with E-state index >= 15 is 0 Å². The van der Waals surface area contributed by atoms with Gasteiger partial charge in [0.2, 0.25) is 5.91 Å². The van der Waals surface area contributed by atoms with Gasteiger partial charge in [0.05, 0.1) is 6.26 Å². The normalized spacial score (nSPS) is 20.8. The van der Waals surface area contributed by atoms with Gasteiger partial charge in [-0.3, -0.25) is 4.79 Å². The van der Waals surface area contributed by atoms with Gasteiger partial charge in [-0.05, 0) is 30.4 Å². The molecule has 2 atom stereocenters. The minimum atomic E-state index is 0. The van der Waals surface area contributed by atoms with Crippen LogP contribution in [-0.4, -0.2) is 61.9 Å². The van der Waals surface area contributed by atoms with E-state index in [2.05, 4.69) is 29.1 Å². The minimum absolute atomic E-state index is 0. The number of halogens is 1. The van der Waals surface area contributed by atoms with Crippen LogP contribution in [0.3, 0.4) is 0 Å². The third-order valence-electron chi connectivity index (χ3n) is 4.73. The van der Waals surface area contributed by atoms with Crippen molar-refractivity contribution < 1.29 is 9.21 Å². The van der Waals surface area contributed by atoms with Gasteiger partial charge in [-0.25, -0.2) is 4.99 Å². The van der Waals surface area contributed by atoms with E-state index < -0.39 is 0 Å². The van der Waals surface area contributed by atoms with Crippen LogP contribution in [0.25, 0.3) is 0 Å². The zero-order valence-electron chi connectivity index (χ0n) is 15.7. The van der Waals surface area contributed by atoms with Crippen molar-refractivity contribution in [3.63, 3.8) is 0 Å². The molecule has 142 valence electrons. The monoisotopic (exact) mass is 462 g/mol. The highest BCUT2D eigenvalue weighted by Crippen LogP contribution is 2.22. The number of nitrogens with zero attached hydrogens (tertiary/aromatic N) is 3. The van der Waals surface area contributed by atoms with Crippen molar-refractivity contribution in [3.8, 4) is 0 Å². The number of hydrogen-bond acceptors (Lipinski definition) is 3. The van der Waals surface area contributed by atoms with Crippen molar-refractivity contribution in [2.75, 3.05) is 40.3 Å². The number of hydrogen-bond donors (Lipinski definition) is 1. The number of likely N-dealkylation sites (tertiary alicyclic amines) is 1. The molecule has 0 radical (unpaired) electrons. The molecule has 6 nitrogen and oxygen atoms in total. The largest absolute Gasteiger partial charge is 0.469 e. The molecule has 1 aliphatic rings. The van der Waals surface area contributed by atoms with Crippen LogP contribution in [0.1, 0.15) is 26.0 Å². The molecule has 0 aliphatic carbocycles. The molecule has 2 rings (SSSR count). The summed E-state index contributed by atoms with van der Waals surface area (Å²) in [5.74, 6) is 3.15. The lowest BCUT2D eigenvalue weighted by molar-refractivity contribution is -0.127. The third kappa shape index (κ3) is 6.87. The number of guanidine groups is 1. The van der Waals surface area contributed by atoms with Gasteiger partial charge in [-0.15, -0.1) is 24.0 Å². The van der Waals surface area contributed by atoms with E-state index in [-0.39, 0.29) is 36.4 Å². The standard InChI is InChI=1S/C18H30N4O2.HI/c1-14-8-10-22(13-15(14)2)18(20-12-17(23)21(3)4)19-9-7-16-6-5-11-24-16;/h5-6,11,14-15H,7-10,12-13H2,1-4H3,(H,19,20);1H. The van der Waals surface area contributed by atoms with Crippen LogP contribution in [0.5, 0.6) is 0 Å². The molecular weight excluding hydrogens is 431 g/mol. The van der Waals surface area contributed by atoms with Crippen molar-refractivity contribution in [2.24, 2.45) is 16.8 Å². The highest BCUT2D eigenvalue weighted by atomic mass is 127. The number of nitrogens with one attached hydrogen (secondary N) is 1. The second kappa shape index (κ2) is 10.7. The number of carbonyl (C=O) groups is 1.